The monoisotopic (exact) mass is 613 g/mol. The molecular weight excluding hydrogens is 574 g/mol. The van der Waals surface area contributed by atoms with E-state index in [0.29, 0.717) is 22.9 Å². The van der Waals surface area contributed by atoms with Gasteiger partial charge in [0.25, 0.3) is 10.0 Å². The SMILES string of the molecule is CC[C@H](C)NC(=O)[C@H](CC)N(Cc1cccc(OC)c1)C(=O)CN(c1ccc(C)c(C)c1)S(=O)(=O)c1ccc(Cl)cc1. The van der Waals surface area contributed by atoms with E-state index in [1.165, 1.54) is 29.2 Å². The van der Waals surface area contributed by atoms with Crippen molar-refractivity contribution in [1.29, 1.82) is 0 Å². The van der Waals surface area contributed by atoms with Crippen LogP contribution in [0.15, 0.2) is 71.6 Å². The Hall–Kier alpha value is -3.56. The van der Waals surface area contributed by atoms with Gasteiger partial charge >= 0.3 is 0 Å². The molecule has 0 saturated carbocycles. The molecule has 226 valence electrons. The van der Waals surface area contributed by atoms with E-state index in [4.69, 9.17) is 16.3 Å². The largest absolute Gasteiger partial charge is 0.497 e. The third-order valence-electron chi connectivity index (χ3n) is 7.33. The molecular formula is C32H40ClN3O5S. The van der Waals surface area contributed by atoms with E-state index >= 15 is 0 Å². The molecule has 3 aromatic carbocycles. The first-order valence-corrected chi connectivity index (χ1v) is 15.8. The summed E-state index contributed by atoms with van der Waals surface area (Å²) < 4.78 is 34.5. The van der Waals surface area contributed by atoms with Gasteiger partial charge in [0.2, 0.25) is 11.8 Å². The summed E-state index contributed by atoms with van der Waals surface area (Å²) in [4.78, 5) is 29.1. The first-order valence-electron chi connectivity index (χ1n) is 14.0. The number of carbonyl (C=O) groups excluding carboxylic acids is 2. The number of rotatable bonds is 13. The maximum absolute atomic E-state index is 14.2. The minimum atomic E-state index is -4.18. The van der Waals surface area contributed by atoms with Gasteiger partial charge in [0.05, 0.1) is 17.7 Å². The fourth-order valence-electron chi connectivity index (χ4n) is 4.47. The van der Waals surface area contributed by atoms with Crippen molar-refractivity contribution in [2.45, 2.75) is 71.0 Å². The zero-order chi connectivity index (χ0) is 31.0. The summed E-state index contributed by atoms with van der Waals surface area (Å²) in [6, 6.07) is 17.4. The van der Waals surface area contributed by atoms with Crippen LogP contribution in [0.2, 0.25) is 5.02 Å². The van der Waals surface area contributed by atoms with Crippen molar-refractivity contribution in [3.63, 3.8) is 0 Å². The Morgan fingerprint density at radius 1 is 0.952 bits per heavy atom. The number of carbonyl (C=O) groups is 2. The Morgan fingerprint density at radius 3 is 2.24 bits per heavy atom. The predicted molar refractivity (Wildman–Crippen MR) is 167 cm³/mol. The highest BCUT2D eigenvalue weighted by Gasteiger charge is 2.34. The predicted octanol–water partition coefficient (Wildman–Crippen LogP) is 5.88. The molecule has 0 aliphatic rings. The second kappa shape index (κ2) is 14.6. The van der Waals surface area contributed by atoms with Crippen LogP contribution in [0.3, 0.4) is 0 Å². The van der Waals surface area contributed by atoms with Gasteiger partial charge < -0.3 is 15.0 Å². The van der Waals surface area contributed by atoms with E-state index in [1.54, 1.807) is 31.4 Å². The molecule has 3 rings (SSSR count). The van der Waals surface area contributed by atoms with Crippen molar-refractivity contribution in [3.8, 4) is 5.75 Å². The minimum absolute atomic E-state index is 0.00108. The zero-order valence-electron chi connectivity index (χ0n) is 25.1. The number of hydrogen-bond acceptors (Lipinski definition) is 5. The van der Waals surface area contributed by atoms with E-state index in [-0.39, 0.29) is 23.4 Å². The molecule has 0 unspecified atom stereocenters. The van der Waals surface area contributed by atoms with Crippen molar-refractivity contribution in [2.75, 3.05) is 18.0 Å². The average Bonchev–Trinajstić information content (AvgIpc) is 2.97. The number of ether oxygens (including phenoxy) is 1. The molecule has 2 atom stereocenters. The van der Waals surface area contributed by atoms with Crippen molar-refractivity contribution < 1.29 is 22.7 Å². The zero-order valence-corrected chi connectivity index (χ0v) is 26.6. The molecule has 0 saturated heterocycles. The molecule has 0 bridgehead atoms. The van der Waals surface area contributed by atoms with Gasteiger partial charge in [0.15, 0.2) is 0 Å². The van der Waals surface area contributed by atoms with E-state index in [0.717, 1.165) is 27.4 Å². The highest BCUT2D eigenvalue weighted by atomic mass is 35.5. The molecule has 0 aromatic heterocycles. The fourth-order valence-corrected chi connectivity index (χ4v) is 6.00. The number of halogens is 1. The summed E-state index contributed by atoms with van der Waals surface area (Å²) in [5, 5.41) is 3.38. The molecule has 0 spiro atoms. The lowest BCUT2D eigenvalue weighted by Crippen LogP contribution is -2.53. The second-order valence-corrected chi connectivity index (χ2v) is 12.6. The van der Waals surface area contributed by atoms with Gasteiger partial charge in [-0.3, -0.25) is 13.9 Å². The molecule has 8 nitrogen and oxygen atoms in total. The van der Waals surface area contributed by atoms with E-state index in [9.17, 15) is 18.0 Å². The standard InChI is InChI=1S/C32H40ClN3O5S/c1-7-24(5)34-32(38)30(8-2)35(20-25-10-9-11-28(19-25)41-6)31(37)21-36(27-15-12-22(3)23(4)18-27)42(39,40)29-16-13-26(33)14-17-29/h9-19,24,30H,7-8,20-21H2,1-6H3,(H,34,38)/t24-,30-/m0/s1. The van der Waals surface area contributed by atoms with Gasteiger partial charge in [-0.25, -0.2) is 8.42 Å². The molecule has 0 heterocycles. The summed E-state index contributed by atoms with van der Waals surface area (Å²) in [5.74, 6) is -0.194. The van der Waals surface area contributed by atoms with Crippen LogP contribution in [-0.4, -0.2) is 50.9 Å². The van der Waals surface area contributed by atoms with Crippen LogP contribution in [0, 0.1) is 13.8 Å². The van der Waals surface area contributed by atoms with E-state index in [1.807, 2.05) is 52.8 Å². The van der Waals surface area contributed by atoms with Crippen LogP contribution in [0.25, 0.3) is 0 Å². The van der Waals surface area contributed by atoms with Crippen molar-refractivity contribution in [2.24, 2.45) is 0 Å². The number of amides is 2. The lowest BCUT2D eigenvalue weighted by atomic mass is 10.1. The summed E-state index contributed by atoms with van der Waals surface area (Å²) in [6.07, 6.45) is 1.07. The van der Waals surface area contributed by atoms with Crippen LogP contribution in [0.5, 0.6) is 5.75 Å². The number of nitrogens with zero attached hydrogens (tertiary/aromatic N) is 2. The summed E-state index contributed by atoms with van der Waals surface area (Å²) in [7, 11) is -2.63. The number of methoxy groups -OCH3 is 1. The number of aryl methyl sites for hydroxylation is 2. The third-order valence-corrected chi connectivity index (χ3v) is 9.37. The van der Waals surface area contributed by atoms with Crippen LogP contribution in [0.4, 0.5) is 5.69 Å². The van der Waals surface area contributed by atoms with Crippen LogP contribution < -0.4 is 14.4 Å². The Kier molecular flexibility index (Phi) is 11.4. The summed E-state index contributed by atoms with van der Waals surface area (Å²) in [6.45, 7) is 9.09. The van der Waals surface area contributed by atoms with Gasteiger partial charge in [-0.2, -0.15) is 0 Å². The lowest BCUT2D eigenvalue weighted by Gasteiger charge is -2.34. The summed E-state index contributed by atoms with van der Waals surface area (Å²) >= 11 is 6.03. The van der Waals surface area contributed by atoms with Gasteiger partial charge in [-0.1, -0.05) is 43.6 Å². The fraction of sp³-hybridized carbons (Fsp3) is 0.375. The molecule has 2 amide bonds. The van der Waals surface area contributed by atoms with Crippen molar-refractivity contribution in [3.05, 3.63) is 88.4 Å². The van der Waals surface area contributed by atoms with Gasteiger partial charge in [-0.15, -0.1) is 0 Å². The molecule has 1 N–H and O–H groups in total. The highest BCUT2D eigenvalue weighted by molar-refractivity contribution is 7.92. The molecule has 0 aliphatic carbocycles. The number of nitrogens with one attached hydrogen (secondary N) is 1. The topological polar surface area (TPSA) is 96.0 Å². The Labute approximate surface area is 254 Å². The van der Waals surface area contributed by atoms with Gasteiger partial charge in [0.1, 0.15) is 18.3 Å². The third kappa shape index (κ3) is 8.04. The van der Waals surface area contributed by atoms with Crippen molar-refractivity contribution >= 4 is 39.1 Å². The van der Waals surface area contributed by atoms with Crippen LogP contribution in [0.1, 0.15) is 50.3 Å². The first-order chi connectivity index (χ1) is 19.9. The Morgan fingerprint density at radius 2 is 1.64 bits per heavy atom. The molecule has 3 aromatic rings. The van der Waals surface area contributed by atoms with Gasteiger partial charge in [0, 0.05) is 17.6 Å². The maximum Gasteiger partial charge on any atom is 0.264 e. The normalized spacial score (nSPS) is 12.7. The lowest BCUT2D eigenvalue weighted by molar-refractivity contribution is -0.140. The van der Waals surface area contributed by atoms with Crippen LogP contribution in [-0.2, 0) is 26.2 Å². The maximum atomic E-state index is 14.2. The molecule has 0 radical (unpaired) electrons. The average molecular weight is 614 g/mol. The number of sulfonamides is 1. The first kappa shape index (κ1) is 32.9. The smallest absolute Gasteiger partial charge is 0.264 e. The molecule has 0 fully saturated rings. The van der Waals surface area contributed by atoms with E-state index in [2.05, 4.69) is 5.32 Å². The number of hydrogen-bond donors (Lipinski definition) is 1. The second-order valence-electron chi connectivity index (χ2n) is 10.3. The van der Waals surface area contributed by atoms with E-state index < -0.39 is 28.5 Å². The molecule has 10 heteroatoms. The Balaban J connectivity index is 2.09. The molecule has 0 aliphatic heterocycles. The van der Waals surface area contributed by atoms with Crippen molar-refractivity contribution in [1.82, 2.24) is 10.2 Å². The Bertz CT molecular complexity index is 1490. The quantitative estimate of drug-likeness (QED) is 0.260. The van der Waals surface area contributed by atoms with Gasteiger partial charge in [-0.05, 0) is 98.8 Å². The minimum Gasteiger partial charge on any atom is -0.497 e. The van der Waals surface area contributed by atoms with Crippen LogP contribution >= 0.6 is 11.6 Å². The summed E-state index contributed by atoms with van der Waals surface area (Å²) in [5.41, 5.74) is 2.96. The number of anilines is 1. The molecule has 42 heavy (non-hydrogen) atoms. The highest BCUT2D eigenvalue weighted by Crippen LogP contribution is 2.28. The number of benzene rings is 3.